The molecule has 0 bridgehead atoms. The van der Waals surface area contributed by atoms with Gasteiger partial charge in [0.15, 0.2) is 0 Å². The van der Waals surface area contributed by atoms with Gasteiger partial charge in [0.25, 0.3) is 0 Å². The van der Waals surface area contributed by atoms with Crippen molar-refractivity contribution in [3.8, 4) is 0 Å². The average molecular weight is 1160 g/mol. The number of esters is 2. The third kappa shape index (κ3) is 32.6. The molecule has 0 saturated heterocycles. The van der Waals surface area contributed by atoms with Crippen LogP contribution >= 0.6 is 45.2 Å². The number of ether oxygens (including phenoxy) is 4. The van der Waals surface area contributed by atoms with Crippen LogP contribution < -0.4 is 0 Å². The summed E-state index contributed by atoms with van der Waals surface area (Å²) in [6, 6.07) is 0. The maximum Gasteiger partial charge on any atom is 0.306 e. The van der Waals surface area contributed by atoms with Gasteiger partial charge in [-0.1, -0.05) is 135 Å². The molecule has 0 aromatic heterocycles. The molecule has 0 amide bonds. The number of hydrogen-bond acceptors (Lipinski definition) is 10. The van der Waals surface area contributed by atoms with Gasteiger partial charge in [0.1, 0.15) is 17.3 Å². The zero-order chi connectivity index (χ0) is 49.4. The van der Waals surface area contributed by atoms with E-state index in [9.17, 15) is 24.0 Å². The minimum atomic E-state index is -0.144. The first-order chi connectivity index (χ1) is 31.9. The lowest BCUT2D eigenvalue weighted by atomic mass is 9.83. The lowest BCUT2D eigenvalue weighted by Crippen LogP contribution is -2.20. The van der Waals surface area contributed by atoms with Crippen LogP contribution in [0.2, 0.25) is 0 Å². The van der Waals surface area contributed by atoms with Crippen LogP contribution in [0.1, 0.15) is 196 Å². The first kappa shape index (κ1) is 64.8. The van der Waals surface area contributed by atoms with Crippen molar-refractivity contribution in [1.29, 1.82) is 0 Å². The number of halogens is 2. The Bertz CT molecular complexity index is 1320. The summed E-state index contributed by atoms with van der Waals surface area (Å²) in [5.41, 5.74) is 0. The monoisotopic (exact) mass is 1160 g/mol. The van der Waals surface area contributed by atoms with E-state index in [0.717, 1.165) is 93.2 Å². The van der Waals surface area contributed by atoms with E-state index < -0.39 is 0 Å². The minimum absolute atomic E-state index is 0.0546. The molecule has 0 aromatic carbocycles. The van der Waals surface area contributed by atoms with Crippen molar-refractivity contribution < 1.29 is 48.0 Å². The first-order valence-corrected chi connectivity index (χ1v) is 28.9. The molecule has 6 atom stereocenters. The molecule has 0 unspecified atom stereocenters. The molecule has 2 saturated carbocycles. The van der Waals surface area contributed by atoms with Crippen LogP contribution in [0, 0.1) is 35.5 Å². The van der Waals surface area contributed by atoms with E-state index in [2.05, 4.69) is 83.3 Å². The van der Waals surface area contributed by atoms with Gasteiger partial charge in [0, 0.05) is 79.5 Å². The molecule has 2 aliphatic carbocycles. The smallest absolute Gasteiger partial charge is 0.306 e. The standard InChI is InChI=1S/C27H47IO5.C26H43IO4.CH4O/c1-4-5-6-9-12-16-31-18-19-32-17-15-24-23(21-28)20-26(29)25(24)13-10-7-8-11-14-27(30)33-22(2)3;1-4-5-6-7-10-13-22(28)16-17-23-21(19-27)18-25(29)24(23)14-11-8-9-12-15-26(30)31-20(2)3;1-2/h7,10,22-25H,4-6,8-9,11-21H2,1-3H3;8,11,20-21,23-24H,4-7,9-10,12-19H2,1-3H3;2H,1H3/t23-,24-,25+;21-,23-,24+;/m00./s1. The maximum absolute atomic E-state index is 12.6. The van der Waals surface area contributed by atoms with Gasteiger partial charge in [0.2, 0.25) is 0 Å². The van der Waals surface area contributed by atoms with Crippen molar-refractivity contribution in [3.63, 3.8) is 0 Å². The summed E-state index contributed by atoms with van der Waals surface area (Å²) in [5.74, 6) is 2.63. The average Bonchev–Trinajstić information content (AvgIpc) is 3.77. The molecule has 2 rings (SSSR count). The molecule has 0 heterocycles. The van der Waals surface area contributed by atoms with Crippen molar-refractivity contribution in [2.45, 2.75) is 208 Å². The zero-order valence-electron chi connectivity index (χ0n) is 42.5. The second kappa shape index (κ2) is 43.8. The number of carbonyl (C=O) groups excluding carboxylic acids is 5. The first-order valence-electron chi connectivity index (χ1n) is 25.9. The highest BCUT2D eigenvalue weighted by Gasteiger charge is 2.41. The second-order valence-electron chi connectivity index (χ2n) is 18.7. The van der Waals surface area contributed by atoms with Crippen molar-refractivity contribution in [2.75, 3.05) is 42.4 Å². The number of hydrogen-bond donors (Lipinski definition) is 1. The molecule has 0 spiro atoms. The van der Waals surface area contributed by atoms with Crippen molar-refractivity contribution in [2.24, 2.45) is 35.5 Å². The Balaban J connectivity index is 0.00000124. The summed E-state index contributed by atoms with van der Waals surface area (Å²) in [6.45, 7) is 14.7. The van der Waals surface area contributed by atoms with Crippen LogP contribution in [0.25, 0.3) is 0 Å². The number of alkyl halides is 2. The highest BCUT2D eigenvalue weighted by Crippen LogP contribution is 2.41. The van der Waals surface area contributed by atoms with Crippen LogP contribution in [-0.2, 0) is 42.9 Å². The Labute approximate surface area is 429 Å². The van der Waals surface area contributed by atoms with Gasteiger partial charge in [0.05, 0.1) is 25.4 Å². The largest absolute Gasteiger partial charge is 0.463 e. The molecule has 0 aliphatic heterocycles. The molecule has 1 N–H and O–H groups in total. The van der Waals surface area contributed by atoms with Crippen LogP contribution in [0.15, 0.2) is 24.3 Å². The summed E-state index contributed by atoms with van der Waals surface area (Å²) in [4.78, 5) is 60.7. The number of unbranched alkanes of at least 4 members (excludes halogenated alkanes) is 10. The molecule has 2 fully saturated rings. The van der Waals surface area contributed by atoms with Gasteiger partial charge < -0.3 is 24.1 Å². The van der Waals surface area contributed by atoms with Gasteiger partial charge in [-0.3, -0.25) is 24.0 Å². The number of ketones is 3. The Morgan fingerprint density at radius 3 is 1.45 bits per heavy atom. The minimum Gasteiger partial charge on any atom is -0.463 e. The van der Waals surface area contributed by atoms with E-state index >= 15 is 0 Å². The molecular weight excluding hydrogens is 1060 g/mol. The van der Waals surface area contributed by atoms with Crippen molar-refractivity contribution >= 4 is 74.5 Å². The highest BCUT2D eigenvalue weighted by molar-refractivity contribution is 14.1. The summed E-state index contributed by atoms with van der Waals surface area (Å²) in [7, 11) is 1.00. The number of allylic oxidation sites excluding steroid dienone is 4. The highest BCUT2D eigenvalue weighted by atomic mass is 127. The van der Waals surface area contributed by atoms with E-state index in [1.54, 1.807) is 0 Å². The lowest BCUT2D eigenvalue weighted by Gasteiger charge is -2.22. The fraction of sp³-hybridized carbons (Fsp3) is 0.833. The molecule has 66 heavy (non-hydrogen) atoms. The maximum atomic E-state index is 12.6. The van der Waals surface area contributed by atoms with Crippen LogP contribution in [0.5, 0.6) is 0 Å². The van der Waals surface area contributed by atoms with Crippen molar-refractivity contribution in [3.05, 3.63) is 24.3 Å². The summed E-state index contributed by atoms with van der Waals surface area (Å²) >= 11 is 4.80. The SMILES string of the molecule is CCCCCCCC(=O)CC[C@H]1[C@H](CI)CC(=O)[C@@H]1CC=CCCCC(=O)OC(C)C.CCCCCCCOCCOCC[C@H]1[C@H](CI)CC(=O)[C@@H]1CC=CCCCC(=O)OC(C)C.CO. The van der Waals surface area contributed by atoms with E-state index in [-0.39, 0.29) is 36.0 Å². The molecule has 384 valence electrons. The molecule has 0 aromatic rings. The molecule has 0 radical (unpaired) electrons. The molecule has 12 heteroatoms. The van der Waals surface area contributed by atoms with Gasteiger partial charge in [-0.05, 0) is 116 Å². The van der Waals surface area contributed by atoms with E-state index in [0.29, 0.717) is 99.4 Å². The predicted molar refractivity (Wildman–Crippen MR) is 286 cm³/mol. The second-order valence-corrected chi connectivity index (χ2v) is 20.4. The molecular formula is C54H94I2O10. The van der Waals surface area contributed by atoms with E-state index in [1.807, 2.05) is 27.7 Å². The lowest BCUT2D eigenvalue weighted by molar-refractivity contribution is -0.148. The predicted octanol–water partition coefficient (Wildman–Crippen LogP) is 13.3. The fourth-order valence-electron chi connectivity index (χ4n) is 8.90. The summed E-state index contributed by atoms with van der Waals surface area (Å²) < 4.78 is 23.8. The molecule has 2 aliphatic rings. The normalized spacial score (nSPS) is 20.5. The van der Waals surface area contributed by atoms with Crippen LogP contribution in [0.3, 0.4) is 0 Å². The summed E-state index contributed by atoms with van der Waals surface area (Å²) in [6.07, 6.45) is 30.6. The van der Waals surface area contributed by atoms with Gasteiger partial charge in [-0.2, -0.15) is 0 Å². The van der Waals surface area contributed by atoms with E-state index in [4.69, 9.17) is 24.1 Å². The quantitative estimate of drug-likeness (QED) is 0.0210. The van der Waals surface area contributed by atoms with Gasteiger partial charge >= 0.3 is 11.9 Å². The van der Waals surface area contributed by atoms with Crippen LogP contribution in [0.4, 0.5) is 0 Å². The van der Waals surface area contributed by atoms with Crippen molar-refractivity contribution in [1.82, 2.24) is 0 Å². The summed E-state index contributed by atoms with van der Waals surface area (Å²) in [5, 5.41) is 7.00. The Kier molecular flexibility index (Phi) is 42.9. The topological polar surface area (TPSA) is 142 Å². The van der Waals surface area contributed by atoms with Crippen LogP contribution in [-0.4, -0.2) is 89.0 Å². The number of Topliss-reactive ketones (excluding diaryl/α,β-unsaturated/α-hetero) is 3. The Morgan fingerprint density at radius 2 is 1.00 bits per heavy atom. The number of aliphatic hydroxyl groups is 1. The molecule has 10 nitrogen and oxygen atoms in total. The van der Waals surface area contributed by atoms with E-state index in [1.165, 1.54) is 44.9 Å². The number of carbonyl (C=O) groups is 5. The Morgan fingerprint density at radius 1 is 0.561 bits per heavy atom. The third-order valence-corrected chi connectivity index (χ3v) is 14.7. The number of aliphatic hydroxyl groups excluding tert-OH is 1. The van der Waals surface area contributed by atoms with Gasteiger partial charge in [-0.15, -0.1) is 0 Å². The van der Waals surface area contributed by atoms with Gasteiger partial charge in [-0.25, -0.2) is 0 Å². The number of rotatable bonds is 37. The fourth-order valence-corrected chi connectivity index (χ4v) is 10.8. The Hall–Kier alpha value is -1.23. The third-order valence-electron chi connectivity index (χ3n) is 12.4. The zero-order valence-corrected chi connectivity index (χ0v) is 46.8.